The summed E-state index contributed by atoms with van der Waals surface area (Å²) in [4.78, 5) is 29.4. The van der Waals surface area contributed by atoms with Crippen molar-refractivity contribution in [3.05, 3.63) is 86.1 Å². The highest BCUT2D eigenvalue weighted by atomic mass is 79.9. The molecule has 0 radical (unpaired) electrons. The van der Waals surface area contributed by atoms with Crippen LogP contribution in [0.5, 0.6) is 5.75 Å². The first kappa shape index (κ1) is 24.6. The average molecular weight is 535 g/mol. The number of fused-ring (bicyclic) bond motifs is 1. The first-order chi connectivity index (χ1) is 16.5. The Morgan fingerprint density at radius 2 is 1.77 bits per heavy atom. The molecule has 0 aliphatic rings. The van der Waals surface area contributed by atoms with E-state index in [1.54, 1.807) is 24.4 Å². The molecule has 4 rings (SSSR count). The number of halogens is 1. The fourth-order valence-electron chi connectivity index (χ4n) is 4.01. The second-order valence-corrected chi connectivity index (χ2v) is 10.4. The van der Waals surface area contributed by atoms with Gasteiger partial charge in [-0.25, -0.2) is 4.98 Å². The van der Waals surface area contributed by atoms with Crippen molar-refractivity contribution in [3.8, 4) is 11.4 Å². The number of carbonyl (C=O) groups is 1. The molecule has 0 bridgehead atoms. The molecule has 0 atom stereocenters. The maximum absolute atomic E-state index is 13.4. The molecule has 0 unspecified atom stereocenters. The van der Waals surface area contributed by atoms with E-state index in [2.05, 4.69) is 25.6 Å². The molecular formula is C27H27BrN4O3. The van der Waals surface area contributed by atoms with Gasteiger partial charge < -0.3 is 9.30 Å². The predicted molar refractivity (Wildman–Crippen MR) is 142 cm³/mol. The summed E-state index contributed by atoms with van der Waals surface area (Å²) < 4.78 is 9.43. The zero-order valence-corrected chi connectivity index (χ0v) is 22.2. The van der Waals surface area contributed by atoms with Crippen molar-refractivity contribution in [3.63, 3.8) is 0 Å². The highest BCUT2D eigenvalue weighted by Crippen LogP contribution is 2.24. The van der Waals surface area contributed by atoms with Crippen LogP contribution in [0.2, 0.25) is 0 Å². The van der Waals surface area contributed by atoms with Crippen LogP contribution in [0.25, 0.3) is 16.6 Å². The van der Waals surface area contributed by atoms with Crippen molar-refractivity contribution < 1.29 is 9.53 Å². The number of aryl methyl sites for hydroxylation is 1. The lowest BCUT2D eigenvalue weighted by molar-refractivity contribution is -0.131. The third-order valence-corrected chi connectivity index (χ3v) is 6.11. The molecule has 2 aromatic carbocycles. The molecule has 2 heterocycles. The number of ether oxygens (including phenoxy) is 1. The number of esters is 1. The van der Waals surface area contributed by atoms with Gasteiger partial charge in [-0.3, -0.25) is 9.59 Å². The van der Waals surface area contributed by atoms with Crippen LogP contribution < -0.4 is 10.3 Å². The Labute approximate surface area is 212 Å². The topological polar surface area (TPSA) is 78.5 Å². The molecule has 0 fully saturated rings. The highest BCUT2D eigenvalue weighted by molar-refractivity contribution is 9.10. The summed E-state index contributed by atoms with van der Waals surface area (Å²) in [7, 11) is 0. The van der Waals surface area contributed by atoms with Crippen LogP contribution in [0, 0.1) is 13.8 Å². The molecule has 8 heteroatoms. The number of rotatable bonds is 4. The predicted octanol–water partition coefficient (Wildman–Crippen LogP) is 5.67. The van der Waals surface area contributed by atoms with E-state index in [1.807, 2.05) is 65.0 Å². The summed E-state index contributed by atoms with van der Waals surface area (Å²) in [5, 5.41) is 5.11. The second-order valence-electron chi connectivity index (χ2n) is 9.46. The fourth-order valence-corrected chi connectivity index (χ4v) is 4.37. The lowest BCUT2D eigenvalue weighted by Gasteiger charge is -2.20. The standard InChI is InChI=1S/C27H27BrN4O3/c1-16-13-19(17(2)31(16)21-8-10-22(11-9-21)35-18(3)33)15-29-32-25(34)23-14-20(28)7-12-24(23)30-26(32)27(4,5)6/h7-15H,1-6H3. The van der Waals surface area contributed by atoms with Gasteiger partial charge in [0.15, 0.2) is 0 Å². The van der Waals surface area contributed by atoms with Gasteiger partial charge >= 0.3 is 5.97 Å². The Morgan fingerprint density at radius 3 is 2.40 bits per heavy atom. The van der Waals surface area contributed by atoms with Gasteiger partial charge in [0.2, 0.25) is 0 Å². The molecule has 0 aliphatic carbocycles. The number of aromatic nitrogens is 3. The Kier molecular flexibility index (Phi) is 6.51. The number of nitrogens with zero attached hydrogens (tertiary/aromatic N) is 4. The van der Waals surface area contributed by atoms with Gasteiger partial charge in [-0.1, -0.05) is 36.7 Å². The van der Waals surface area contributed by atoms with Crippen LogP contribution in [-0.2, 0) is 10.2 Å². The van der Waals surface area contributed by atoms with Gasteiger partial charge in [-0.15, -0.1) is 0 Å². The van der Waals surface area contributed by atoms with Crippen LogP contribution in [0.15, 0.2) is 62.9 Å². The molecule has 0 N–H and O–H groups in total. The summed E-state index contributed by atoms with van der Waals surface area (Å²) in [5.74, 6) is 0.725. The van der Waals surface area contributed by atoms with Crippen LogP contribution >= 0.6 is 15.9 Å². The van der Waals surface area contributed by atoms with E-state index in [0.717, 1.165) is 27.1 Å². The molecule has 0 saturated carbocycles. The van der Waals surface area contributed by atoms with Gasteiger partial charge in [0.1, 0.15) is 11.6 Å². The van der Waals surface area contributed by atoms with E-state index in [4.69, 9.17) is 9.72 Å². The number of benzene rings is 2. The molecule has 0 amide bonds. The minimum Gasteiger partial charge on any atom is -0.427 e. The number of hydrogen-bond acceptors (Lipinski definition) is 5. The molecule has 180 valence electrons. The van der Waals surface area contributed by atoms with E-state index in [9.17, 15) is 9.59 Å². The average Bonchev–Trinajstić information content (AvgIpc) is 3.06. The van der Waals surface area contributed by atoms with Gasteiger partial charge in [-0.2, -0.15) is 9.78 Å². The van der Waals surface area contributed by atoms with Crippen molar-refractivity contribution in [2.75, 3.05) is 0 Å². The zero-order valence-electron chi connectivity index (χ0n) is 20.6. The normalized spacial score (nSPS) is 12.0. The lowest BCUT2D eigenvalue weighted by Crippen LogP contribution is -2.29. The van der Waals surface area contributed by atoms with E-state index >= 15 is 0 Å². The van der Waals surface area contributed by atoms with Crippen LogP contribution in [0.4, 0.5) is 0 Å². The van der Waals surface area contributed by atoms with Crippen molar-refractivity contribution >= 4 is 39.0 Å². The molecule has 4 aromatic rings. The molecule has 7 nitrogen and oxygen atoms in total. The number of hydrogen-bond donors (Lipinski definition) is 0. The molecule has 0 spiro atoms. The third kappa shape index (κ3) is 4.98. The number of carbonyl (C=O) groups excluding carboxylic acids is 1. The summed E-state index contributed by atoms with van der Waals surface area (Å²) >= 11 is 3.44. The van der Waals surface area contributed by atoms with Crippen LogP contribution in [0.1, 0.15) is 50.5 Å². The quantitative estimate of drug-likeness (QED) is 0.192. The third-order valence-electron chi connectivity index (χ3n) is 5.62. The Balaban J connectivity index is 1.78. The minimum absolute atomic E-state index is 0.215. The zero-order chi connectivity index (χ0) is 25.5. The van der Waals surface area contributed by atoms with Crippen molar-refractivity contribution in [2.24, 2.45) is 5.10 Å². The van der Waals surface area contributed by atoms with E-state index in [-0.39, 0.29) is 11.5 Å². The first-order valence-corrected chi connectivity index (χ1v) is 12.0. The van der Waals surface area contributed by atoms with Crippen molar-refractivity contribution in [1.82, 2.24) is 14.2 Å². The summed E-state index contributed by atoms with van der Waals surface area (Å²) in [5.41, 5.74) is 3.82. The maximum atomic E-state index is 13.4. The molecule has 0 aliphatic heterocycles. The summed E-state index contributed by atoms with van der Waals surface area (Å²) in [6, 6.07) is 14.8. The summed E-state index contributed by atoms with van der Waals surface area (Å²) in [6.45, 7) is 11.4. The monoisotopic (exact) mass is 534 g/mol. The molecule has 2 aromatic heterocycles. The highest BCUT2D eigenvalue weighted by Gasteiger charge is 2.23. The fraction of sp³-hybridized carbons (Fsp3) is 0.259. The van der Waals surface area contributed by atoms with E-state index in [0.29, 0.717) is 22.5 Å². The van der Waals surface area contributed by atoms with Crippen molar-refractivity contribution in [2.45, 2.75) is 47.0 Å². The summed E-state index contributed by atoms with van der Waals surface area (Å²) in [6.07, 6.45) is 1.70. The SMILES string of the molecule is CC(=O)Oc1ccc(-n2c(C)cc(C=Nn3c(C(C)(C)C)nc4ccc(Br)cc4c3=O)c2C)cc1. The van der Waals surface area contributed by atoms with Gasteiger partial charge in [0, 0.05) is 39.5 Å². The maximum Gasteiger partial charge on any atom is 0.308 e. The second kappa shape index (κ2) is 9.26. The Hall–Kier alpha value is -3.52. The Bertz CT molecular complexity index is 1520. The first-order valence-electron chi connectivity index (χ1n) is 11.2. The lowest BCUT2D eigenvalue weighted by atomic mass is 9.95. The molecule has 35 heavy (non-hydrogen) atoms. The van der Waals surface area contributed by atoms with Crippen LogP contribution in [0.3, 0.4) is 0 Å². The van der Waals surface area contributed by atoms with Crippen molar-refractivity contribution in [1.29, 1.82) is 0 Å². The largest absolute Gasteiger partial charge is 0.427 e. The van der Waals surface area contributed by atoms with Crippen LogP contribution in [-0.4, -0.2) is 26.4 Å². The van der Waals surface area contributed by atoms with E-state index < -0.39 is 5.41 Å². The van der Waals surface area contributed by atoms with Gasteiger partial charge in [0.25, 0.3) is 5.56 Å². The Morgan fingerprint density at radius 1 is 1.09 bits per heavy atom. The van der Waals surface area contributed by atoms with Gasteiger partial charge in [0.05, 0.1) is 17.1 Å². The van der Waals surface area contributed by atoms with Gasteiger partial charge in [-0.05, 0) is 62.4 Å². The smallest absolute Gasteiger partial charge is 0.308 e. The van der Waals surface area contributed by atoms with E-state index in [1.165, 1.54) is 11.6 Å². The molecular weight excluding hydrogens is 508 g/mol. The minimum atomic E-state index is -0.391. The molecule has 0 saturated heterocycles.